The Labute approximate surface area is 107 Å². The second-order valence-electron chi connectivity index (χ2n) is 4.61. The van der Waals surface area contributed by atoms with E-state index in [0.29, 0.717) is 38.2 Å². The van der Waals surface area contributed by atoms with Crippen molar-refractivity contribution in [2.45, 2.75) is 31.4 Å². The molecule has 2 rings (SSSR count). The van der Waals surface area contributed by atoms with Gasteiger partial charge in [0.2, 0.25) is 0 Å². The second-order valence-corrected chi connectivity index (χ2v) is 4.61. The Morgan fingerprint density at radius 3 is 2.67 bits per heavy atom. The molecule has 0 bridgehead atoms. The Bertz CT molecular complexity index is 386. The normalized spacial score (nSPS) is 20.6. The van der Waals surface area contributed by atoms with Crippen LogP contribution in [0, 0.1) is 5.82 Å². The maximum absolute atomic E-state index is 13.8. The average molecular weight is 253 g/mol. The van der Waals surface area contributed by atoms with Crippen LogP contribution in [0.25, 0.3) is 0 Å². The van der Waals surface area contributed by atoms with Gasteiger partial charge in [0, 0.05) is 38.2 Å². The zero-order valence-electron chi connectivity index (χ0n) is 10.7. The summed E-state index contributed by atoms with van der Waals surface area (Å²) in [5, 5.41) is 0. The number of rotatable bonds is 4. The third-order valence-corrected chi connectivity index (χ3v) is 3.58. The first kappa shape index (κ1) is 13.5. The molecule has 1 unspecified atom stereocenters. The molecule has 0 aliphatic carbocycles. The van der Waals surface area contributed by atoms with Gasteiger partial charge in [0.05, 0.1) is 11.6 Å². The first-order valence-electron chi connectivity index (χ1n) is 6.41. The largest absolute Gasteiger partial charge is 0.381 e. The molecule has 100 valence electrons. The lowest BCUT2D eigenvalue weighted by molar-refractivity contribution is -0.122. The van der Waals surface area contributed by atoms with Crippen molar-refractivity contribution in [1.82, 2.24) is 0 Å². The van der Waals surface area contributed by atoms with E-state index in [2.05, 4.69) is 0 Å². The van der Waals surface area contributed by atoms with Gasteiger partial charge in [0.25, 0.3) is 0 Å². The summed E-state index contributed by atoms with van der Waals surface area (Å²) in [5.74, 6) is -0.268. The van der Waals surface area contributed by atoms with Crippen molar-refractivity contribution in [2.75, 3.05) is 19.8 Å². The van der Waals surface area contributed by atoms with E-state index in [4.69, 9.17) is 15.2 Å². The Hall–Kier alpha value is -0.970. The molecule has 1 saturated heterocycles. The summed E-state index contributed by atoms with van der Waals surface area (Å²) in [7, 11) is 0. The molecule has 1 heterocycles. The fraction of sp³-hybridized carbons (Fsp3) is 0.571. The van der Waals surface area contributed by atoms with Gasteiger partial charge in [-0.25, -0.2) is 4.39 Å². The molecule has 0 saturated carbocycles. The highest BCUT2D eigenvalue weighted by molar-refractivity contribution is 5.24. The number of nitrogens with two attached hydrogens (primary N) is 1. The maximum atomic E-state index is 13.8. The van der Waals surface area contributed by atoms with E-state index >= 15 is 0 Å². The summed E-state index contributed by atoms with van der Waals surface area (Å²) in [5.41, 5.74) is 6.29. The highest BCUT2D eigenvalue weighted by Crippen LogP contribution is 2.37. The van der Waals surface area contributed by atoms with Crippen LogP contribution in [0.1, 0.15) is 31.4 Å². The minimum absolute atomic E-state index is 0.268. The summed E-state index contributed by atoms with van der Waals surface area (Å²) in [6, 6.07) is 6.19. The van der Waals surface area contributed by atoms with Crippen molar-refractivity contribution in [1.29, 1.82) is 0 Å². The Morgan fingerprint density at radius 1 is 1.39 bits per heavy atom. The lowest BCUT2D eigenvalue weighted by atomic mass is 9.82. The Morgan fingerprint density at radius 2 is 2.06 bits per heavy atom. The summed E-state index contributed by atoms with van der Waals surface area (Å²) in [6.45, 7) is 3.73. The van der Waals surface area contributed by atoms with Crippen molar-refractivity contribution in [2.24, 2.45) is 5.73 Å². The molecule has 1 aromatic carbocycles. The smallest absolute Gasteiger partial charge is 0.128 e. The molecule has 1 fully saturated rings. The minimum Gasteiger partial charge on any atom is -0.381 e. The van der Waals surface area contributed by atoms with Crippen molar-refractivity contribution in [3.05, 3.63) is 35.6 Å². The van der Waals surface area contributed by atoms with E-state index < -0.39 is 11.6 Å². The van der Waals surface area contributed by atoms with Crippen LogP contribution in [0.5, 0.6) is 0 Å². The number of benzene rings is 1. The first-order valence-corrected chi connectivity index (χ1v) is 6.41. The topological polar surface area (TPSA) is 44.5 Å². The molecule has 0 spiro atoms. The molecule has 4 heteroatoms. The molecule has 0 amide bonds. The number of hydrogen-bond donors (Lipinski definition) is 1. The highest BCUT2D eigenvalue weighted by atomic mass is 19.1. The summed E-state index contributed by atoms with van der Waals surface area (Å²) >= 11 is 0. The van der Waals surface area contributed by atoms with Crippen LogP contribution in [0.2, 0.25) is 0 Å². The van der Waals surface area contributed by atoms with Gasteiger partial charge in [-0.15, -0.1) is 0 Å². The van der Waals surface area contributed by atoms with Gasteiger partial charge < -0.3 is 15.2 Å². The van der Waals surface area contributed by atoms with Crippen LogP contribution in [-0.2, 0) is 9.47 Å². The third-order valence-electron chi connectivity index (χ3n) is 3.58. The molecule has 0 radical (unpaired) electrons. The summed E-state index contributed by atoms with van der Waals surface area (Å²) < 4.78 is 25.1. The molecule has 2 N–H and O–H groups in total. The van der Waals surface area contributed by atoms with E-state index in [0.717, 1.165) is 0 Å². The third kappa shape index (κ3) is 2.55. The fourth-order valence-electron chi connectivity index (χ4n) is 2.56. The molecular formula is C14H20FNO2. The molecule has 18 heavy (non-hydrogen) atoms. The van der Waals surface area contributed by atoms with Crippen molar-refractivity contribution in [3.8, 4) is 0 Å². The van der Waals surface area contributed by atoms with E-state index in [1.54, 1.807) is 18.2 Å². The Kier molecular flexibility index (Phi) is 4.32. The van der Waals surface area contributed by atoms with Crippen molar-refractivity contribution in [3.63, 3.8) is 0 Å². The highest BCUT2D eigenvalue weighted by Gasteiger charge is 2.40. The quantitative estimate of drug-likeness (QED) is 0.896. The number of halogens is 1. The van der Waals surface area contributed by atoms with Crippen LogP contribution in [0.15, 0.2) is 24.3 Å². The number of ether oxygens (including phenoxy) is 2. The molecule has 0 aromatic heterocycles. The summed E-state index contributed by atoms with van der Waals surface area (Å²) in [6.07, 6.45) is 1.41. The standard InChI is InChI=1S/C14H20FNO2/c1-2-18-14(7-9-17-10-8-14)13(16)11-5-3-4-6-12(11)15/h3-6,13H,2,7-10,16H2,1H3. The maximum Gasteiger partial charge on any atom is 0.128 e. The SMILES string of the molecule is CCOC1(C(N)c2ccccc2F)CCOCC1. The zero-order valence-corrected chi connectivity index (χ0v) is 10.7. The lowest BCUT2D eigenvalue weighted by Gasteiger charge is -2.41. The average Bonchev–Trinajstić information content (AvgIpc) is 2.40. The zero-order chi connectivity index (χ0) is 13.0. The fourth-order valence-corrected chi connectivity index (χ4v) is 2.56. The molecule has 1 atom stereocenters. The number of hydrogen-bond acceptors (Lipinski definition) is 3. The van der Waals surface area contributed by atoms with Gasteiger partial charge in [-0.2, -0.15) is 0 Å². The van der Waals surface area contributed by atoms with Gasteiger partial charge in [-0.3, -0.25) is 0 Å². The molecule has 1 aromatic rings. The minimum atomic E-state index is -0.505. The van der Waals surface area contributed by atoms with E-state index in [9.17, 15) is 4.39 Å². The molecular weight excluding hydrogens is 233 g/mol. The second kappa shape index (κ2) is 5.78. The first-order chi connectivity index (χ1) is 8.69. The molecule has 1 aliphatic heterocycles. The molecule has 1 aliphatic rings. The van der Waals surface area contributed by atoms with Crippen molar-refractivity contribution >= 4 is 0 Å². The van der Waals surface area contributed by atoms with Gasteiger partial charge in [-0.1, -0.05) is 18.2 Å². The van der Waals surface area contributed by atoms with E-state index in [1.807, 2.05) is 6.92 Å². The monoisotopic (exact) mass is 253 g/mol. The van der Waals surface area contributed by atoms with Crippen LogP contribution in [-0.4, -0.2) is 25.4 Å². The lowest BCUT2D eigenvalue weighted by Crippen LogP contribution is -2.48. The van der Waals surface area contributed by atoms with Crippen LogP contribution >= 0.6 is 0 Å². The van der Waals surface area contributed by atoms with Crippen LogP contribution in [0.4, 0.5) is 4.39 Å². The molecule has 3 nitrogen and oxygen atoms in total. The van der Waals surface area contributed by atoms with Crippen molar-refractivity contribution < 1.29 is 13.9 Å². The van der Waals surface area contributed by atoms with Crippen LogP contribution < -0.4 is 5.73 Å². The van der Waals surface area contributed by atoms with E-state index in [-0.39, 0.29) is 5.82 Å². The predicted octanol–water partition coefficient (Wildman–Crippen LogP) is 2.41. The predicted molar refractivity (Wildman–Crippen MR) is 67.7 cm³/mol. The van der Waals surface area contributed by atoms with Crippen LogP contribution in [0.3, 0.4) is 0 Å². The Balaban J connectivity index is 2.28. The summed E-state index contributed by atoms with van der Waals surface area (Å²) in [4.78, 5) is 0. The van der Waals surface area contributed by atoms with E-state index in [1.165, 1.54) is 6.07 Å². The van der Waals surface area contributed by atoms with Gasteiger partial charge in [-0.05, 0) is 13.0 Å². The van der Waals surface area contributed by atoms with Gasteiger partial charge in [0.1, 0.15) is 5.82 Å². The van der Waals surface area contributed by atoms with Gasteiger partial charge >= 0.3 is 0 Å². The van der Waals surface area contributed by atoms with Gasteiger partial charge in [0.15, 0.2) is 0 Å².